The van der Waals surface area contributed by atoms with Crippen LogP contribution in [0.25, 0.3) is 40.1 Å². The smallest absolute Gasteiger partial charge is 0.291 e. The number of para-hydroxylation sites is 1. The molecule has 3 aromatic carbocycles. The van der Waals surface area contributed by atoms with Gasteiger partial charge < -0.3 is 9.47 Å². The number of benzene rings is 3. The molecule has 0 unspecified atom stereocenters. The highest BCUT2D eigenvalue weighted by Crippen LogP contribution is 2.27. The predicted octanol–water partition coefficient (Wildman–Crippen LogP) is 6.94. The Hall–Kier alpha value is -5.02. The SMILES string of the molecule is CCCOc1ccc(/C=C/c2nc3s/c(=C\c4cn(-c5ccccc5)nc4-c4ccc(OCCC(C)C)cc4)c(=O)n3n2)cc1. The molecule has 0 bridgehead atoms. The lowest BCUT2D eigenvalue weighted by molar-refractivity contribution is 0.289. The van der Waals surface area contributed by atoms with Crippen LogP contribution >= 0.6 is 11.3 Å². The molecule has 0 aliphatic carbocycles. The van der Waals surface area contributed by atoms with Gasteiger partial charge in [-0.3, -0.25) is 4.79 Å². The zero-order valence-corrected chi connectivity index (χ0v) is 26.4. The lowest BCUT2D eigenvalue weighted by Crippen LogP contribution is -2.23. The second-order valence-corrected chi connectivity index (χ2v) is 12.1. The maximum atomic E-state index is 13.4. The summed E-state index contributed by atoms with van der Waals surface area (Å²) in [6.45, 7) is 7.82. The average Bonchev–Trinajstić information content (AvgIpc) is 3.74. The third-order valence-corrected chi connectivity index (χ3v) is 8.08. The first-order chi connectivity index (χ1) is 22.0. The summed E-state index contributed by atoms with van der Waals surface area (Å²) >= 11 is 1.31. The fourth-order valence-corrected chi connectivity index (χ4v) is 5.58. The summed E-state index contributed by atoms with van der Waals surface area (Å²) < 4.78 is 15.3. The number of hydrogen-bond acceptors (Lipinski definition) is 7. The number of rotatable bonds is 12. The number of aromatic nitrogens is 5. The Kier molecular flexibility index (Phi) is 9.17. The largest absolute Gasteiger partial charge is 0.494 e. The van der Waals surface area contributed by atoms with E-state index in [2.05, 4.69) is 30.9 Å². The lowest BCUT2D eigenvalue weighted by Gasteiger charge is -2.08. The lowest BCUT2D eigenvalue weighted by atomic mass is 10.1. The summed E-state index contributed by atoms with van der Waals surface area (Å²) in [6, 6.07) is 25.7. The molecule has 8 nitrogen and oxygen atoms in total. The molecule has 6 aromatic rings. The molecule has 3 aromatic heterocycles. The van der Waals surface area contributed by atoms with Gasteiger partial charge in [0.15, 0.2) is 5.82 Å². The van der Waals surface area contributed by atoms with Crippen molar-refractivity contribution in [3.63, 3.8) is 0 Å². The molecule has 0 fully saturated rings. The monoisotopic (exact) mass is 617 g/mol. The molecule has 0 saturated heterocycles. The third-order valence-electron chi connectivity index (χ3n) is 7.12. The first kappa shape index (κ1) is 30.0. The highest BCUT2D eigenvalue weighted by atomic mass is 32.1. The van der Waals surface area contributed by atoms with Crippen LogP contribution in [0.2, 0.25) is 0 Å². The fraction of sp³-hybridized carbons (Fsp3) is 0.222. The summed E-state index contributed by atoms with van der Waals surface area (Å²) in [7, 11) is 0. The summed E-state index contributed by atoms with van der Waals surface area (Å²) in [5.41, 5.74) is 4.22. The van der Waals surface area contributed by atoms with Gasteiger partial charge in [0.05, 0.1) is 23.4 Å². The van der Waals surface area contributed by atoms with Crippen molar-refractivity contribution in [3.05, 3.63) is 117 Å². The molecule has 0 spiro atoms. The Bertz CT molecular complexity index is 2010. The normalized spacial score (nSPS) is 12.1. The maximum Gasteiger partial charge on any atom is 0.291 e. The third kappa shape index (κ3) is 7.21. The van der Waals surface area contributed by atoms with Crippen LogP contribution in [-0.2, 0) is 0 Å². The van der Waals surface area contributed by atoms with Crippen LogP contribution in [0.1, 0.15) is 50.6 Å². The van der Waals surface area contributed by atoms with Crippen LogP contribution in [0.5, 0.6) is 11.5 Å². The quantitative estimate of drug-likeness (QED) is 0.148. The summed E-state index contributed by atoms with van der Waals surface area (Å²) in [5.74, 6) is 2.73. The van der Waals surface area contributed by atoms with Crippen LogP contribution in [0.15, 0.2) is 89.9 Å². The molecule has 0 atom stereocenters. The van der Waals surface area contributed by atoms with Crippen molar-refractivity contribution in [2.75, 3.05) is 13.2 Å². The molecule has 228 valence electrons. The molecule has 0 N–H and O–H groups in total. The Balaban J connectivity index is 1.29. The van der Waals surface area contributed by atoms with E-state index in [0.29, 0.717) is 34.4 Å². The van der Waals surface area contributed by atoms with E-state index in [9.17, 15) is 4.79 Å². The number of nitrogens with zero attached hydrogens (tertiary/aromatic N) is 5. The van der Waals surface area contributed by atoms with Gasteiger partial charge in [-0.1, -0.05) is 68.5 Å². The molecule has 3 heterocycles. The van der Waals surface area contributed by atoms with Crippen molar-refractivity contribution >= 4 is 34.5 Å². The van der Waals surface area contributed by atoms with Gasteiger partial charge in [-0.25, -0.2) is 4.68 Å². The second-order valence-electron chi connectivity index (χ2n) is 11.1. The van der Waals surface area contributed by atoms with E-state index >= 15 is 0 Å². The second kappa shape index (κ2) is 13.7. The molecule has 6 rings (SSSR count). The molecule has 0 aliphatic heterocycles. The zero-order chi connectivity index (χ0) is 31.2. The minimum Gasteiger partial charge on any atom is -0.494 e. The average molecular weight is 618 g/mol. The van der Waals surface area contributed by atoms with Crippen molar-refractivity contribution in [2.45, 2.75) is 33.6 Å². The van der Waals surface area contributed by atoms with E-state index in [1.165, 1.54) is 15.9 Å². The van der Waals surface area contributed by atoms with Gasteiger partial charge in [0.25, 0.3) is 5.56 Å². The molecular weight excluding hydrogens is 582 g/mol. The van der Waals surface area contributed by atoms with Gasteiger partial charge in [-0.05, 0) is 85.0 Å². The van der Waals surface area contributed by atoms with E-state index in [-0.39, 0.29) is 5.56 Å². The fourth-order valence-electron chi connectivity index (χ4n) is 4.68. The van der Waals surface area contributed by atoms with Gasteiger partial charge in [0, 0.05) is 17.3 Å². The Morgan fingerprint density at radius 1 is 0.867 bits per heavy atom. The van der Waals surface area contributed by atoms with Crippen LogP contribution in [0.4, 0.5) is 0 Å². The Labute approximate surface area is 265 Å². The molecule has 0 amide bonds. The van der Waals surface area contributed by atoms with Crippen molar-refractivity contribution in [2.24, 2.45) is 5.92 Å². The van der Waals surface area contributed by atoms with E-state index < -0.39 is 0 Å². The van der Waals surface area contributed by atoms with Gasteiger partial charge in [-0.2, -0.15) is 14.6 Å². The maximum absolute atomic E-state index is 13.4. The van der Waals surface area contributed by atoms with Crippen molar-refractivity contribution < 1.29 is 9.47 Å². The van der Waals surface area contributed by atoms with E-state index in [1.54, 1.807) is 0 Å². The summed E-state index contributed by atoms with van der Waals surface area (Å²) in [6.07, 6.45) is 9.51. The Morgan fingerprint density at radius 3 is 2.27 bits per heavy atom. The molecule has 0 radical (unpaired) electrons. The predicted molar refractivity (Wildman–Crippen MR) is 181 cm³/mol. The number of fused-ring (bicyclic) bond motifs is 1. The summed E-state index contributed by atoms with van der Waals surface area (Å²) in [5, 5.41) is 9.38. The molecule has 45 heavy (non-hydrogen) atoms. The summed E-state index contributed by atoms with van der Waals surface area (Å²) in [4.78, 5) is 18.5. The Morgan fingerprint density at radius 2 is 1.58 bits per heavy atom. The van der Waals surface area contributed by atoms with Crippen LogP contribution in [0, 0.1) is 5.92 Å². The van der Waals surface area contributed by atoms with E-state index in [1.807, 2.05) is 108 Å². The highest BCUT2D eigenvalue weighted by molar-refractivity contribution is 7.15. The van der Waals surface area contributed by atoms with Crippen molar-refractivity contribution in [1.82, 2.24) is 24.4 Å². The number of thiazole rings is 1. The number of hydrogen-bond donors (Lipinski definition) is 0. The molecule has 0 aliphatic rings. The van der Waals surface area contributed by atoms with Gasteiger partial charge in [0.2, 0.25) is 4.96 Å². The van der Waals surface area contributed by atoms with Gasteiger partial charge in [0.1, 0.15) is 17.2 Å². The van der Waals surface area contributed by atoms with Crippen molar-refractivity contribution in [1.29, 1.82) is 0 Å². The highest BCUT2D eigenvalue weighted by Gasteiger charge is 2.14. The first-order valence-corrected chi connectivity index (χ1v) is 16.0. The van der Waals surface area contributed by atoms with Crippen LogP contribution < -0.4 is 19.6 Å². The zero-order valence-electron chi connectivity index (χ0n) is 25.6. The standard InChI is InChI=1S/C36H35N5O3S/c1-4-21-43-30-15-10-26(11-16-30)12-19-33-37-36-41(38-33)35(42)32(45-36)23-28-24-40(29-8-6-5-7-9-29)39-34(28)27-13-17-31(18-14-27)44-22-20-25(2)3/h5-19,23-25H,4,20-22H2,1-3H3/b19-12+,32-23-. The van der Waals surface area contributed by atoms with E-state index in [0.717, 1.165) is 52.4 Å². The minimum atomic E-state index is -0.216. The van der Waals surface area contributed by atoms with Gasteiger partial charge in [-0.15, -0.1) is 5.10 Å². The van der Waals surface area contributed by atoms with Crippen LogP contribution in [-0.4, -0.2) is 37.6 Å². The molecular formula is C36H35N5O3S. The number of ether oxygens (including phenoxy) is 2. The molecule has 0 saturated carbocycles. The molecule has 9 heteroatoms. The van der Waals surface area contributed by atoms with Gasteiger partial charge >= 0.3 is 0 Å². The topological polar surface area (TPSA) is 83.5 Å². The first-order valence-electron chi connectivity index (χ1n) is 15.2. The van der Waals surface area contributed by atoms with Crippen LogP contribution in [0.3, 0.4) is 0 Å². The minimum absolute atomic E-state index is 0.216. The van der Waals surface area contributed by atoms with Crippen molar-refractivity contribution in [3.8, 4) is 28.4 Å². The van der Waals surface area contributed by atoms with E-state index in [4.69, 9.17) is 14.6 Å².